The molecule has 1 aromatic carbocycles. The number of hydrogen-bond donors (Lipinski definition) is 1. The van der Waals surface area contributed by atoms with E-state index in [1.807, 2.05) is 0 Å². The molecule has 2 aromatic heterocycles. The van der Waals surface area contributed by atoms with Crippen molar-refractivity contribution in [3.05, 3.63) is 76.1 Å². The summed E-state index contributed by atoms with van der Waals surface area (Å²) in [6.07, 6.45) is -1.08. The van der Waals surface area contributed by atoms with Gasteiger partial charge in [0.2, 0.25) is 11.8 Å². The number of carbonyl (C=O) groups excluding carboxylic acids is 2. The summed E-state index contributed by atoms with van der Waals surface area (Å²) in [6.45, 7) is 2.85. The molecule has 0 spiro atoms. The fourth-order valence-electron chi connectivity index (χ4n) is 3.72. The zero-order valence-electron chi connectivity index (χ0n) is 17.3. The van der Waals surface area contributed by atoms with Crippen LogP contribution in [-0.2, 0) is 9.59 Å². The van der Waals surface area contributed by atoms with Crippen LogP contribution >= 0.6 is 0 Å². The van der Waals surface area contributed by atoms with Crippen LogP contribution in [0.3, 0.4) is 0 Å². The zero-order valence-corrected chi connectivity index (χ0v) is 17.3. The van der Waals surface area contributed by atoms with Crippen LogP contribution in [0.15, 0.2) is 57.9 Å². The SMILES string of the molecule is Cc1cc2c(c(=O)o1)-c1cccnc1[C@H](C)C(=O)N2CC(=O)Nc1ccc(C(F)F)cc1. The summed E-state index contributed by atoms with van der Waals surface area (Å²) in [6, 6.07) is 10.0. The van der Waals surface area contributed by atoms with E-state index in [1.165, 1.54) is 41.4 Å². The van der Waals surface area contributed by atoms with Crippen LogP contribution in [0.5, 0.6) is 0 Å². The Morgan fingerprint density at radius 3 is 2.62 bits per heavy atom. The Hall–Kier alpha value is -3.88. The number of halogens is 2. The minimum atomic E-state index is -2.61. The summed E-state index contributed by atoms with van der Waals surface area (Å²) in [5.41, 5.74) is 0.813. The number of benzene rings is 1. The molecule has 0 radical (unpaired) electrons. The minimum Gasteiger partial charge on any atom is -0.428 e. The first kappa shape index (κ1) is 21.4. The van der Waals surface area contributed by atoms with E-state index in [1.54, 1.807) is 26.0 Å². The third-order valence-corrected chi connectivity index (χ3v) is 5.25. The number of nitrogens with zero attached hydrogens (tertiary/aromatic N) is 2. The van der Waals surface area contributed by atoms with Gasteiger partial charge in [-0.05, 0) is 32.0 Å². The quantitative estimate of drug-likeness (QED) is 0.663. The highest BCUT2D eigenvalue weighted by molar-refractivity contribution is 6.08. The van der Waals surface area contributed by atoms with Gasteiger partial charge in [-0.15, -0.1) is 0 Å². The highest BCUT2D eigenvalue weighted by atomic mass is 19.3. The first-order valence-electron chi connectivity index (χ1n) is 9.85. The number of aryl methyl sites for hydroxylation is 1. The molecule has 9 heteroatoms. The molecule has 0 unspecified atom stereocenters. The zero-order chi connectivity index (χ0) is 23.0. The van der Waals surface area contributed by atoms with E-state index in [0.29, 0.717) is 16.9 Å². The molecule has 0 saturated heterocycles. The van der Waals surface area contributed by atoms with Crippen LogP contribution in [0.1, 0.15) is 36.3 Å². The van der Waals surface area contributed by atoms with Crippen LogP contribution in [0.4, 0.5) is 20.2 Å². The number of amides is 2. The monoisotopic (exact) mass is 439 g/mol. The Labute approximate surface area is 181 Å². The van der Waals surface area contributed by atoms with Gasteiger partial charge < -0.3 is 14.6 Å². The predicted molar refractivity (Wildman–Crippen MR) is 114 cm³/mol. The standard InChI is InChI=1S/C23H19F2N3O4/c1-12-10-17-19(23(31)32-12)16-4-3-9-26-20(16)13(2)22(30)28(17)11-18(29)27-15-7-5-14(6-8-15)21(24)25/h3-10,13,21H,11H2,1-2H3,(H,27,29)/t13-/m0/s1. The molecule has 2 amide bonds. The van der Waals surface area contributed by atoms with Crippen molar-refractivity contribution in [1.82, 2.24) is 4.98 Å². The summed E-state index contributed by atoms with van der Waals surface area (Å²) < 4.78 is 30.7. The summed E-state index contributed by atoms with van der Waals surface area (Å²) in [5, 5.41) is 2.60. The van der Waals surface area contributed by atoms with E-state index in [-0.39, 0.29) is 29.1 Å². The van der Waals surface area contributed by atoms with Crippen molar-refractivity contribution in [2.24, 2.45) is 0 Å². The van der Waals surface area contributed by atoms with Crippen molar-refractivity contribution in [3.63, 3.8) is 0 Å². The highest BCUT2D eigenvalue weighted by Gasteiger charge is 2.35. The van der Waals surface area contributed by atoms with Gasteiger partial charge in [-0.3, -0.25) is 14.6 Å². The number of hydrogen-bond acceptors (Lipinski definition) is 5. The van der Waals surface area contributed by atoms with Gasteiger partial charge >= 0.3 is 5.63 Å². The van der Waals surface area contributed by atoms with Gasteiger partial charge in [0.1, 0.15) is 12.3 Å². The fourth-order valence-corrected chi connectivity index (χ4v) is 3.72. The van der Waals surface area contributed by atoms with Crippen molar-refractivity contribution >= 4 is 23.2 Å². The number of fused-ring (bicyclic) bond motifs is 3. The lowest BCUT2D eigenvalue weighted by atomic mass is 9.98. The molecular weight excluding hydrogens is 420 g/mol. The first-order chi connectivity index (χ1) is 15.3. The largest absolute Gasteiger partial charge is 0.428 e. The van der Waals surface area contributed by atoms with Gasteiger partial charge in [0.15, 0.2) is 0 Å². The van der Waals surface area contributed by atoms with Crippen LogP contribution in [-0.4, -0.2) is 23.3 Å². The lowest BCUT2D eigenvalue weighted by Crippen LogP contribution is -2.40. The molecule has 3 heterocycles. The second kappa shape index (κ2) is 8.33. The number of anilines is 2. The summed E-state index contributed by atoms with van der Waals surface area (Å²) in [5.74, 6) is -1.38. The molecule has 1 atom stereocenters. The van der Waals surface area contributed by atoms with E-state index < -0.39 is 29.8 Å². The normalized spacial score (nSPS) is 15.2. The predicted octanol–water partition coefficient (Wildman–Crippen LogP) is 4.04. The summed E-state index contributed by atoms with van der Waals surface area (Å²) in [7, 11) is 0. The molecule has 1 aliphatic rings. The highest BCUT2D eigenvalue weighted by Crippen LogP contribution is 2.38. The maximum atomic E-state index is 13.3. The minimum absolute atomic E-state index is 0.158. The lowest BCUT2D eigenvalue weighted by Gasteiger charge is -2.24. The molecule has 1 aliphatic heterocycles. The molecule has 3 aromatic rings. The molecule has 0 bridgehead atoms. The Balaban J connectivity index is 1.70. The number of nitrogens with one attached hydrogen (secondary N) is 1. The Bertz CT molecular complexity index is 1250. The van der Waals surface area contributed by atoms with Gasteiger partial charge in [0.05, 0.1) is 22.9 Å². The molecule has 0 fully saturated rings. The average molecular weight is 439 g/mol. The average Bonchev–Trinajstić information content (AvgIpc) is 2.84. The number of alkyl halides is 2. The molecule has 7 nitrogen and oxygen atoms in total. The Kier molecular flexibility index (Phi) is 5.56. The molecular formula is C23H19F2N3O4. The lowest BCUT2D eigenvalue weighted by molar-refractivity contribution is -0.122. The van der Waals surface area contributed by atoms with Crippen LogP contribution in [0.25, 0.3) is 11.1 Å². The van der Waals surface area contributed by atoms with Crippen LogP contribution in [0, 0.1) is 6.92 Å². The molecule has 0 aliphatic carbocycles. The van der Waals surface area contributed by atoms with Crippen molar-refractivity contribution in [2.45, 2.75) is 26.2 Å². The van der Waals surface area contributed by atoms with E-state index in [0.717, 1.165) is 0 Å². The molecule has 164 valence electrons. The second-order valence-corrected chi connectivity index (χ2v) is 7.46. The van der Waals surface area contributed by atoms with Crippen molar-refractivity contribution in [3.8, 4) is 11.1 Å². The van der Waals surface area contributed by atoms with Crippen molar-refractivity contribution < 1.29 is 22.8 Å². The first-order valence-corrected chi connectivity index (χ1v) is 9.85. The van der Waals surface area contributed by atoms with Crippen LogP contribution < -0.4 is 15.8 Å². The fraction of sp³-hybridized carbons (Fsp3) is 0.217. The van der Waals surface area contributed by atoms with Gasteiger partial charge in [0.25, 0.3) is 6.43 Å². The van der Waals surface area contributed by atoms with Crippen LogP contribution in [0.2, 0.25) is 0 Å². The molecule has 1 N–H and O–H groups in total. The van der Waals surface area contributed by atoms with Crippen molar-refractivity contribution in [2.75, 3.05) is 16.8 Å². The Morgan fingerprint density at radius 2 is 1.94 bits per heavy atom. The maximum Gasteiger partial charge on any atom is 0.346 e. The second-order valence-electron chi connectivity index (χ2n) is 7.46. The van der Waals surface area contributed by atoms with Gasteiger partial charge in [-0.2, -0.15) is 0 Å². The van der Waals surface area contributed by atoms with Gasteiger partial charge in [0, 0.05) is 29.1 Å². The van der Waals surface area contributed by atoms with E-state index in [2.05, 4.69) is 10.3 Å². The third-order valence-electron chi connectivity index (χ3n) is 5.25. The van der Waals surface area contributed by atoms with Gasteiger partial charge in [-0.25, -0.2) is 13.6 Å². The topological polar surface area (TPSA) is 92.5 Å². The summed E-state index contributed by atoms with van der Waals surface area (Å²) in [4.78, 5) is 44.3. The molecule has 4 rings (SSSR count). The number of aromatic nitrogens is 1. The number of carbonyl (C=O) groups is 2. The molecule has 32 heavy (non-hydrogen) atoms. The smallest absolute Gasteiger partial charge is 0.346 e. The number of pyridine rings is 1. The maximum absolute atomic E-state index is 13.3. The van der Waals surface area contributed by atoms with E-state index >= 15 is 0 Å². The molecule has 0 saturated carbocycles. The van der Waals surface area contributed by atoms with E-state index in [9.17, 15) is 23.2 Å². The third kappa shape index (κ3) is 3.89. The summed E-state index contributed by atoms with van der Waals surface area (Å²) >= 11 is 0. The number of rotatable bonds is 4. The van der Waals surface area contributed by atoms with Crippen molar-refractivity contribution in [1.29, 1.82) is 0 Å². The van der Waals surface area contributed by atoms with Gasteiger partial charge in [-0.1, -0.05) is 18.2 Å². The van der Waals surface area contributed by atoms with E-state index in [4.69, 9.17) is 4.42 Å². The Morgan fingerprint density at radius 1 is 1.22 bits per heavy atom.